The number of nitrogens with zero attached hydrogens (tertiary/aromatic N) is 3. The Morgan fingerprint density at radius 1 is 1.12 bits per heavy atom. The van der Waals surface area contributed by atoms with E-state index >= 15 is 0 Å². The molecule has 0 fully saturated rings. The lowest BCUT2D eigenvalue weighted by Gasteiger charge is -2.17. The number of nitrogen functional groups attached to an aromatic ring is 1. The number of anilines is 1. The quantitative estimate of drug-likeness (QED) is 0.366. The lowest BCUT2D eigenvalue weighted by molar-refractivity contribution is -0.137. The van der Waals surface area contributed by atoms with Crippen molar-refractivity contribution < 1.29 is 9.90 Å². The van der Waals surface area contributed by atoms with E-state index in [1.165, 1.54) is 0 Å². The molecule has 0 aliphatic carbocycles. The number of benzene rings is 1. The van der Waals surface area contributed by atoms with Gasteiger partial charge in [0, 0.05) is 31.1 Å². The van der Waals surface area contributed by atoms with Crippen molar-refractivity contribution in [2.24, 2.45) is 5.73 Å². The molecule has 4 N–H and O–H groups in total. The van der Waals surface area contributed by atoms with Crippen LogP contribution in [0.3, 0.4) is 0 Å². The number of hydrogen-bond donors (Lipinski definition) is 3. The molecule has 0 saturated carbocycles. The predicted octanol–water partition coefficient (Wildman–Crippen LogP) is 2.51. The van der Waals surface area contributed by atoms with Crippen LogP contribution in [0.15, 0.2) is 36.4 Å². The number of carboxylic acid groups (broad SMARTS) is 1. The van der Waals surface area contributed by atoms with Crippen LogP contribution in [0, 0.1) is 5.41 Å². The van der Waals surface area contributed by atoms with Crippen LogP contribution in [0.2, 0.25) is 0 Å². The number of nitrogens with one attached hydrogen (secondary N) is 1. The van der Waals surface area contributed by atoms with Crippen LogP contribution in [0.1, 0.15) is 31.2 Å². The van der Waals surface area contributed by atoms with Crippen LogP contribution in [-0.2, 0) is 4.79 Å². The number of rotatable bonds is 9. The molecule has 7 nitrogen and oxygen atoms in total. The number of aromatic nitrogens is 2. The van der Waals surface area contributed by atoms with E-state index in [0.29, 0.717) is 12.0 Å². The van der Waals surface area contributed by atoms with E-state index in [1.807, 2.05) is 36.2 Å². The highest BCUT2D eigenvalue weighted by Crippen LogP contribution is 2.19. The number of unbranched alkanes of at least 4 members (excludes halogenated alkanes) is 2. The molecule has 1 aromatic heterocycles. The molecule has 0 amide bonds. The van der Waals surface area contributed by atoms with E-state index in [4.69, 9.17) is 16.2 Å². The number of carbonyl (C=O) groups is 1. The highest BCUT2D eigenvalue weighted by atomic mass is 16.4. The standard InChI is InChI=1S/C18H23N5O2/c1-23(12-4-2-3-5-17(24)25)16-11-10-15(21-22-16)13-6-8-14(9-7-13)18(19)20/h6-11H,2-5,12H2,1H3,(H3,19,20)(H,24,25). The summed E-state index contributed by atoms with van der Waals surface area (Å²) in [6.45, 7) is 0.807. The second-order valence-electron chi connectivity index (χ2n) is 5.89. The van der Waals surface area contributed by atoms with E-state index in [-0.39, 0.29) is 12.3 Å². The Hall–Kier alpha value is -2.96. The fourth-order valence-electron chi connectivity index (χ4n) is 2.42. The third-order valence-electron chi connectivity index (χ3n) is 3.92. The molecule has 7 heteroatoms. The van der Waals surface area contributed by atoms with Crippen molar-refractivity contribution in [3.05, 3.63) is 42.0 Å². The summed E-state index contributed by atoms with van der Waals surface area (Å²) >= 11 is 0. The lowest BCUT2D eigenvalue weighted by Crippen LogP contribution is -2.20. The van der Waals surface area contributed by atoms with Gasteiger partial charge in [-0.25, -0.2) is 0 Å². The molecular weight excluding hydrogens is 318 g/mol. The monoisotopic (exact) mass is 341 g/mol. The molecule has 0 spiro atoms. The second-order valence-corrected chi connectivity index (χ2v) is 5.89. The molecule has 25 heavy (non-hydrogen) atoms. The average Bonchev–Trinajstić information content (AvgIpc) is 2.61. The number of amidine groups is 1. The van der Waals surface area contributed by atoms with Crippen LogP contribution in [0.25, 0.3) is 11.3 Å². The number of carboxylic acids is 1. The van der Waals surface area contributed by atoms with Gasteiger partial charge in [-0.05, 0) is 25.0 Å². The molecule has 0 saturated heterocycles. The third kappa shape index (κ3) is 5.56. The summed E-state index contributed by atoms with van der Waals surface area (Å²) in [5.74, 6) is 0.0754. The molecular formula is C18H23N5O2. The van der Waals surface area contributed by atoms with Gasteiger partial charge < -0.3 is 15.7 Å². The molecule has 0 aliphatic heterocycles. The molecule has 0 unspecified atom stereocenters. The van der Waals surface area contributed by atoms with Crippen molar-refractivity contribution in [3.8, 4) is 11.3 Å². The number of nitrogens with two attached hydrogens (primary N) is 1. The van der Waals surface area contributed by atoms with Gasteiger partial charge in [0.15, 0.2) is 5.82 Å². The second kappa shape index (κ2) is 8.77. The maximum atomic E-state index is 10.5. The predicted molar refractivity (Wildman–Crippen MR) is 97.9 cm³/mol. The van der Waals surface area contributed by atoms with E-state index in [2.05, 4.69) is 10.2 Å². The number of aliphatic carboxylic acids is 1. The van der Waals surface area contributed by atoms with Crippen LogP contribution in [0.5, 0.6) is 0 Å². The Labute approximate surface area is 147 Å². The van der Waals surface area contributed by atoms with Gasteiger partial charge in [0.1, 0.15) is 5.84 Å². The van der Waals surface area contributed by atoms with Crippen molar-refractivity contribution in [2.75, 3.05) is 18.5 Å². The highest BCUT2D eigenvalue weighted by Gasteiger charge is 2.06. The summed E-state index contributed by atoms with van der Waals surface area (Å²) in [5.41, 5.74) is 7.80. The van der Waals surface area contributed by atoms with Gasteiger partial charge in [-0.15, -0.1) is 10.2 Å². The summed E-state index contributed by atoms with van der Waals surface area (Å²) in [4.78, 5) is 12.5. The zero-order chi connectivity index (χ0) is 18.2. The maximum absolute atomic E-state index is 10.5. The third-order valence-corrected chi connectivity index (χ3v) is 3.92. The van der Waals surface area contributed by atoms with Crippen LogP contribution in [-0.4, -0.2) is 40.7 Å². The first-order chi connectivity index (χ1) is 12.0. The van der Waals surface area contributed by atoms with Crippen LogP contribution >= 0.6 is 0 Å². The summed E-state index contributed by atoms with van der Waals surface area (Å²) in [6.07, 6.45) is 2.72. The molecule has 1 aromatic carbocycles. The van der Waals surface area contributed by atoms with Crippen molar-refractivity contribution >= 4 is 17.6 Å². The van der Waals surface area contributed by atoms with E-state index in [9.17, 15) is 4.79 Å². The first-order valence-corrected chi connectivity index (χ1v) is 8.19. The zero-order valence-corrected chi connectivity index (χ0v) is 14.3. The Kier molecular flexibility index (Phi) is 6.45. The van der Waals surface area contributed by atoms with E-state index < -0.39 is 5.97 Å². The van der Waals surface area contributed by atoms with Crippen LogP contribution in [0.4, 0.5) is 5.82 Å². The van der Waals surface area contributed by atoms with Gasteiger partial charge in [-0.3, -0.25) is 10.2 Å². The van der Waals surface area contributed by atoms with Crippen LogP contribution < -0.4 is 10.6 Å². The SMILES string of the molecule is CN(CCCCCC(=O)O)c1ccc(-c2ccc(C(=N)N)cc2)nn1. The van der Waals surface area contributed by atoms with Gasteiger partial charge in [-0.2, -0.15) is 0 Å². The topological polar surface area (TPSA) is 116 Å². The van der Waals surface area contributed by atoms with Gasteiger partial charge in [0.25, 0.3) is 0 Å². The van der Waals surface area contributed by atoms with Crippen molar-refractivity contribution in [3.63, 3.8) is 0 Å². The molecule has 2 rings (SSSR count). The maximum Gasteiger partial charge on any atom is 0.303 e. The largest absolute Gasteiger partial charge is 0.481 e. The molecule has 0 aliphatic rings. The van der Waals surface area contributed by atoms with Gasteiger partial charge in [-0.1, -0.05) is 30.7 Å². The highest BCUT2D eigenvalue weighted by molar-refractivity contribution is 5.95. The van der Waals surface area contributed by atoms with E-state index in [0.717, 1.165) is 36.5 Å². The molecule has 2 aromatic rings. The Morgan fingerprint density at radius 3 is 2.40 bits per heavy atom. The molecule has 132 valence electrons. The summed E-state index contributed by atoms with van der Waals surface area (Å²) in [7, 11) is 1.95. The molecule has 1 heterocycles. The fourth-order valence-corrected chi connectivity index (χ4v) is 2.42. The first-order valence-electron chi connectivity index (χ1n) is 8.19. The van der Waals surface area contributed by atoms with Gasteiger partial charge in [0.2, 0.25) is 0 Å². The average molecular weight is 341 g/mol. The van der Waals surface area contributed by atoms with Crippen molar-refractivity contribution in [1.82, 2.24) is 10.2 Å². The normalized spacial score (nSPS) is 10.4. The smallest absolute Gasteiger partial charge is 0.303 e. The minimum atomic E-state index is -0.744. The van der Waals surface area contributed by atoms with Gasteiger partial charge in [0.05, 0.1) is 5.69 Å². The van der Waals surface area contributed by atoms with Gasteiger partial charge >= 0.3 is 5.97 Å². The molecule has 0 atom stereocenters. The minimum absolute atomic E-state index is 0.0398. The van der Waals surface area contributed by atoms with Crippen molar-refractivity contribution in [1.29, 1.82) is 5.41 Å². The number of hydrogen-bond acceptors (Lipinski definition) is 5. The summed E-state index contributed by atoms with van der Waals surface area (Å²) in [6, 6.07) is 11.1. The fraction of sp³-hybridized carbons (Fsp3) is 0.333. The molecule has 0 radical (unpaired) electrons. The summed E-state index contributed by atoms with van der Waals surface area (Å²) < 4.78 is 0. The minimum Gasteiger partial charge on any atom is -0.481 e. The van der Waals surface area contributed by atoms with Crippen molar-refractivity contribution in [2.45, 2.75) is 25.7 Å². The zero-order valence-electron chi connectivity index (χ0n) is 14.3. The lowest BCUT2D eigenvalue weighted by atomic mass is 10.1. The first kappa shape index (κ1) is 18.4. The Morgan fingerprint density at radius 2 is 1.84 bits per heavy atom. The summed E-state index contributed by atoms with van der Waals surface area (Å²) in [5, 5.41) is 24.5. The molecule has 0 bridgehead atoms. The Balaban J connectivity index is 1.90. The van der Waals surface area contributed by atoms with E-state index in [1.54, 1.807) is 12.1 Å². The Bertz CT molecular complexity index is 713.